The second-order valence-electron chi connectivity index (χ2n) is 5.26. The van der Waals surface area contributed by atoms with Crippen molar-refractivity contribution < 1.29 is 22.7 Å². The number of ether oxygens (including phenoxy) is 1. The number of carbonyl (C=O) groups is 1. The Kier molecular flexibility index (Phi) is 6.83. The van der Waals surface area contributed by atoms with E-state index in [0.29, 0.717) is 13.1 Å². The molecule has 0 unspecified atom stereocenters. The van der Waals surface area contributed by atoms with Crippen LogP contribution in [0.25, 0.3) is 0 Å². The maximum absolute atomic E-state index is 13.1. The summed E-state index contributed by atoms with van der Waals surface area (Å²) in [5.41, 5.74) is -0.0151. The molecule has 1 aromatic carbocycles. The van der Waals surface area contributed by atoms with Crippen molar-refractivity contribution in [1.29, 1.82) is 0 Å². The number of alkyl halides is 3. The zero-order valence-electron chi connectivity index (χ0n) is 12.9. The normalized spacial score (nSPS) is 13.2. The highest BCUT2D eigenvalue weighted by molar-refractivity contribution is 5.77. The van der Waals surface area contributed by atoms with Crippen LogP contribution in [0.1, 0.15) is 11.7 Å². The van der Waals surface area contributed by atoms with Gasteiger partial charge in [-0.3, -0.25) is 4.79 Å². The van der Waals surface area contributed by atoms with E-state index in [-0.39, 0.29) is 5.56 Å². The molecule has 7 heteroatoms. The first-order valence-electron chi connectivity index (χ1n) is 6.83. The molecular formula is C15H21F3N2O2. The summed E-state index contributed by atoms with van der Waals surface area (Å²) in [6.45, 7) is 0.448. The van der Waals surface area contributed by atoms with Crippen molar-refractivity contribution in [2.75, 3.05) is 40.8 Å². The van der Waals surface area contributed by atoms with Crippen LogP contribution >= 0.6 is 0 Å². The molecule has 124 valence electrons. The van der Waals surface area contributed by atoms with Crippen molar-refractivity contribution in [3.8, 4) is 0 Å². The van der Waals surface area contributed by atoms with Crippen molar-refractivity contribution in [3.63, 3.8) is 0 Å². The minimum Gasteiger partial charge on any atom is -0.354 e. The fraction of sp³-hybridized carbons (Fsp3) is 0.533. The largest absolute Gasteiger partial charge is 0.418 e. The molecule has 0 aliphatic carbocycles. The highest BCUT2D eigenvalue weighted by Crippen LogP contribution is 2.35. The number of likely N-dealkylation sites (N-methyl/N-ethyl adjacent to an activating group) is 2. The predicted octanol–water partition coefficient (Wildman–Crippen LogP) is 2.33. The SMILES string of the molecule is CN(C)CCN(C)C(=O)CO[C@@H](c1ccccc1)C(F)(F)F. The third kappa shape index (κ3) is 6.03. The van der Waals surface area contributed by atoms with Gasteiger partial charge in [-0.25, -0.2) is 0 Å². The molecule has 0 saturated carbocycles. The first-order chi connectivity index (χ1) is 10.2. The lowest BCUT2D eigenvalue weighted by Gasteiger charge is -2.23. The van der Waals surface area contributed by atoms with Crippen LogP contribution < -0.4 is 0 Å². The van der Waals surface area contributed by atoms with Crippen molar-refractivity contribution >= 4 is 5.91 Å². The predicted molar refractivity (Wildman–Crippen MR) is 77.4 cm³/mol. The van der Waals surface area contributed by atoms with Gasteiger partial charge in [0.2, 0.25) is 5.91 Å². The molecule has 22 heavy (non-hydrogen) atoms. The summed E-state index contributed by atoms with van der Waals surface area (Å²) >= 11 is 0. The van der Waals surface area contributed by atoms with Gasteiger partial charge in [0, 0.05) is 20.1 Å². The Hall–Kier alpha value is -1.60. The number of benzene rings is 1. The maximum Gasteiger partial charge on any atom is 0.418 e. The van der Waals surface area contributed by atoms with Gasteiger partial charge in [0.25, 0.3) is 0 Å². The van der Waals surface area contributed by atoms with Gasteiger partial charge in [-0.05, 0) is 19.7 Å². The van der Waals surface area contributed by atoms with Crippen LogP contribution in [0.5, 0.6) is 0 Å². The van der Waals surface area contributed by atoms with Gasteiger partial charge >= 0.3 is 6.18 Å². The fourth-order valence-corrected chi connectivity index (χ4v) is 1.75. The molecular weight excluding hydrogens is 297 g/mol. The van der Waals surface area contributed by atoms with E-state index < -0.39 is 24.8 Å². The van der Waals surface area contributed by atoms with Gasteiger partial charge in [-0.15, -0.1) is 0 Å². The molecule has 0 bridgehead atoms. The molecule has 1 amide bonds. The minimum atomic E-state index is -4.57. The summed E-state index contributed by atoms with van der Waals surface area (Å²) in [6, 6.07) is 7.29. The van der Waals surface area contributed by atoms with Crippen molar-refractivity contribution in [2.45, 2.75) is 12.3 Å². The van der Waals surface area contributed by atoms with E-state index in [0.717, 1.165) is 0 Å². The van der Waals surface area contributed by atoms with Crippen LogP contribution in [0.3, 0.4) is 0 Å². The summed E-state index contributed by atoms with van der Waals surface area (Å²) in [7, 11) is 5.24. The zero-order chi connectivity index (χ0) is 16.8. The van der Waals surface area contributed by atoms with Crippen LogP contribution in [-0.4, -0.2) is 62.7 Å². The molecule has 0 aliphatic heterocycles. The van der Waals surface area contributed by atoms with Crippen LogP contribution in [0.2, 0.25) is 0 Å². The number of rotatable bonds is 7. The highest BCUT2D eigenvalue weighted by Gasteiger charge is 2.42. The summed E-state index contributed by atoms with van der Waals surface area (Å²) in [6.07, 6.45) is -6.66. The smallest absolute Gasteiger partial charge is 0.354 e. The number of hydrogen-bond donors (Lipinski definition) is 0. The number of amides is 1. The lowest BCUT2D eigenvalue weighted by molar-refractivity contribution is -0.224. The zero-order valence-corrected chi connectivity index (χ0v) is 12.9. The lowest BCUT2D eigenvalue weighted by atomic mass is 10.1. The second kappa shape index (κ2) is 8.14. The second-order valence-corrected chi connectivity index (χ2v) is 5.26. The maximum atomic E-state index is 13.1. The Labute approximate surface area is 128 Å². The van der Waals surface area contributed by atoms with E-state index in [1.807, 2.05) is 19.0 Å². The summed E-state index contributed by atoms with van der Waals surface area (Å²) < 4.78 is 44.0. The average Bonchev–Trinajstić information content (AvgIpc) is 2.44. The molecule has 0 saturated heterocycles. The Morgan fingerprint density at radius 1 is 1.14 bits per heavy atom. The van der Waals surface area contributed by atoms with Gasteiger partial charge in [-0.2, -0.15) is 13.2 Å². The van der Waals surface area contributed by atoms with Crippen molar-refractivity contribution in [3.05, 3.63) is 35.9 Å². The first-order valence-corrected chi connectivity index (χ1v) is 6.83. The molecule has 0 radical (unpaired) electrons. The number of hydrogen-bond acceptors (Lipinski definition) is 3. The Morgan fingerprint density at radius 3 is 2.23 bits per heavy atom. The molecule has 1 atom stereocenters. The Bertz CT molecular complexity index is 464. The van der Waals surface area contributed by atoms with E-state index in [4.69, 9.17) is 4.74 Å². The molecule has 1 rings (SSSR count). The Morgan fingerprint density at radius 2 is 1.73 bits per heavy atom. The molecule has 1 aromatic rings. The molecule has 0 spiro atoms. The van der Waals surface area contributed by atoms with E-state index in [1.165, 1.54) is 29.2 Å². The molecule has 0 N–H and O–H groups in total. The topological polar surface area (TPSA) is 32.8 Å². The molecule has 0 aliphatic rings. The van der Waals surface area contributed by atoms with Crippen LogP contribution in [-0.2, 0) is 9.53 Å². The quantitative estimate of drug-likeness (QED) is 0.773. The number of halogens is 3. The van der Waals surface area contributed by atoms with Crippen LogP contribution in [0, 0.1) is 0 Å². The summed E-state index contributed by atoms with van der Waals surface area (Å²) in [5.74, 6) is -0.480. The summed E-state index contributed by atoms with van der Waals surface area (Å²) in [4.78, 5) is 15.1. The van der Waals surface area contributed by atoms with Crippen molar-refractivity contribution in [2.24, 2.45) is 0 Å². The third-order valence-corrected chi connectivity index (χ3v) is 3.08. The number of carbonyl (C=O) groups excluding carboxylic acids is 1. The van der Waals surface area contributed by atoms with E-state index in [2.05, 4.69) is 0 Å². The van der Waals surface area contributed by atoms with E-state index in [9.17, 15) is 18.0 Å². The van der Waals surface area contributed by atoms with Gasteiger partial charge in [-0.1, -0.05) is 30.3 Å². The minimum absolute atomic E-state index is 0.0151. The fourth-order valence-electron chi connectivity index (χ4n) is 1.75. The van der Waals surface area contributed by atoms with Crippen LogP contribution in [0.15, 0.2) is 30.3 Å². The third-order valence-electron chi connectivity index (χ3n) is 3.08. The van der Waals surface area contributed by atoms with E-state index >= 15 is 0 Å². The Balaban J connectivity index is 2.63. The molecule has 0 heterocycles. The van der Waals surface area contributed by atoms with Crippen LogP contribution in [0.4, 0.5) is 13.2 Å². The highest BCUT2D eigenvalue weighted by atomic mass is 19.4. The summed E-state index contributed by atoms with van der Waals surface area (Å²) in [5, 5.41) is 0. The lowest BCUT2D eigenvalue weighted by Crippen LogP contribution is -2.37. The average molecular weight is 318 g/mol. The standard InChI is InChI=1S/C15H21F3N2O2/c1-19(2)9-10-20(3)13(21)11-22-14(15(16,17)18)12-7-5-4-6-8-12/h4-8,14H,9-11H2,1-3H3/t14-/m0/s1. The molecule has 0 aromatic heterocycles. The van der Waals surface area contributed by atoms with Gasteiger partial charge in [0.15, 0.2) is 6.10 Å². The van der Waals surface area contributed by atoms with Gasteiger partial charge < -0.3 is 14.5 Å². The first kappa shape index (κ1) is 18.4. The van der Waals surface area contributed by atoms with E-state index in [1.54, 1.807) is 13.1 Å². The molecule has 4 nitrogen and oxygen atoms in total. The monoisotopic (exact) mass is 318 g/mol. The van der Waals surface area contributed by atoms with Gasteiger partial charge in [0.05, 0.1) is 0 Å². The molecule has 0 fully saturated rings. The van der Waals surface area contributed by atoms with Crippen molar-refractivity contribution in [1.82, 2.24) is 9.80 Å². The van der Waals surface area contributed by atoms with Gasteiger partial charge in [0.1, 0.15) is 6.61 Å². The number of nitrogens with zero attached hydrogens (tertiary/aromatic N) is 2.